The number of aryl methyl sites for hydroxylation is 1. The van der Waals surface area contributed by atoms with Gasteiger partial charge in [-0.3, -0.25) is 0 Å². The molecule has 1 aliphatic rings. The highest BCUT2D eigenvalue weighted by molar-refractivity contribution is 6.33. The predicted molar refractivity (Wildman–Crippen MR) is 57.1 cm³/mol. The van der Waals surface area contributed by atoms with Gasteiger partial charge in [-0.05, 0) is 25.0 Å². The standard InChI is InChI=1S/C11H10ClNO/c12-9-6-7-3-4-13-10(7)8-2-1-5-14-11(8)9/h3-4,6,13H,1-2,5H2. The van der Waals surface area contributed by atoms with E-state index < -0.39 is 0 Å². The summed E-state index contributed by atoms with van der Waals surface area (Å²) >= 11 is 6.14. The van der Waals surface area contributed by atoms with Crippen molar-refractivity contribution in [3.05, 3.63) is 28.9 Å². The lowest BCUT2D eigenvalue weighted by atomic mass is 10.0. The minimum atomic E-state index is 0.729. The number of nitrogens with one attached hydrogen (secondary N) is 1. The number of ether oxygens (including phenoxy) is 1. The van der Waals surface area contributed by atoms with Gasteiger partial charge in [-0.2, -0.15) is 0 Å². The highest BCUT2D eigenvalue weighted by Crippen LogP contribution is 2.37. The Hall–Kier alpha value is -1.15. The third-order valence-electron chi connectivity index (χ3n) is 2.67. The van der Waals surface area contributed by atoms with E-state index in [2.05, 4.69) is 4.98 Å². The zero-order chi connectivity index (χ0) is 9.54. The Bertz CT molecular complexity index is 489. The summed E-state index contributed by atoms with van der Waals surface area (Å²) in [5, 5.41) is 1.89. The van der Waals surface area contributed by atoms with Crippen molar-refractivity contribution < 1.29 is 4.74 Å². The van der Waals surface area contributed by atoms with Gasteiger partial charge >= 0.3 is 0 Å². The number of H-pyrrole nitrogens is 1. The maximum absolute atomic E-state index is 6.14. The minimum absolute atomic E-state index is 0.729. The number of benzene rings is 1. The SMILES string of the molecule is Clc1cc2cc[nH]c2c2c1OCCC2. The topological polar surface area (TPSA) is 25.0 Å². The van der Waals surface area contributed by atoms with Gasteiger partial charge < -0.3 is 9.72 Å². The lowest BCUT2D eigenvalue weighted by Crippen LogP contribution is -2.09. The van der Waals surface area contributed by atoms with E-state index in [0.717, 1.165) is 30.2 Å². The van der Waals surface area contributed by atoms with Crippen LogP contribution < -0.4 is 4.74 Å². The Labute approximate surface area is 86.8 Å². The van der Waals surface area contributed by atoms with E-state index in [1.165, 1.54) is 16.5 Å². The maximum Gasteiger partial charge on any atom is 0.143 e. The minimum Gasteiger partial charge on any atom is -0.492 e. The third-order valence-corrected chi connectivity index (χ3v) is 2.95. The zero-order valence-corrected chi connectivity index (χ0v) is 8.40. The molecule has 0 radical (unpaired) electrons. The van der Waals surface area contributed by atoms with Crippen molar-refractivity contribution in [1.82, 2.24) is 4.98 Å². The van der Waals surface area contributed by atoms with Gasteiger partial charge in [0.05, 0.1) is 17.1 Å². The summed E-state index contributed by atoms with van der Waals surface area (Å²) in [4.78, 5) is 3.24. The summed E-state index contributed by atoms with van der Waals surface area (Å²) in [6.45, 7) is 0.777. The van der Waals surface area contributed by atoms with Gasteiger partial charge in [0.1, 0.15) is 5.75 Å². The molecular formula is C11H10ClNO. The highest BCUT2D eigenvalue weighted by Gasteiger charge is 2.17. The average Bonchev–Trinajstić information content (AvgIpc) is 2.66. The molecule has 0 saturated heterocycles. The number of aromatic nitrogens is 1. The Kier molecular flexibility index (Phi) is 1.71. The molecule has 1 aromatic carbocycles. The van der Waals surface area contributed by atoms with Gasteiger partial charge in [0.15, 0.2) is 0 Å². The summed E-state index contributed by atoms with van der Waals surface area (Å²) in [5.41, 5.74) is 2.40. The Morgan fingerprint density at radius 3 is 3.29 bits per heavy atom. The van der Waals surface area contributed by atoms with E-state index in [-0.39, 0.29) is 0 Å². The second-order valence-electron chi connectivity index (χ2n) is 3.56. The van der Waals surface area contributed by atoms with Crippen LogP contribution >= 0.6 is 11.6 Å². The Morgan fingerprint density at radius 2 is 2.36 bits per heavy atom. The van der Waals surface area contributed by atoms with Crippen LogP contribution in [0.1, 0.15) is 12.0 Å². The molecule has 0 saturated carbocycles. The number of fused-ring (bicyclic) bond motifs is 3. The molecular weight excluding hydrogens is 198 g/mol. The fraction of sp³-hybridized carbons (Fsp3) is 0.273. The predicted octanol–water partition coefficient (Wildman–Crippen LogP) is 3.15. The smallest absolute Gasteiger partial charge is 0.143 e. The van der Waals surface area contributed by atoms with E-state index in [1.54, 1.807) is 0 Å². The largest absolute Gasteiger partial charge is 0.492 e. The summed E-state index contributed by atoms with van der Waals surface area (Å²) in [6.07, 6.45) is 4.06. The van der Waals surface area contributed by atoms with Crippen molar-refractivity contribution >= 4 is 22.5 Å². The van der Waals surface area contributed by atoms with Crippen LogP contribution in [-0.2, 0) is 6.42 Å². The molecule has 0 spiro atoms. The summed E-state index contributed by atoms with van der Waals surface area (Å²) < 4.78 is 5.58. The lowest BCUT2D eigenvalue weighted by Gasteiger charge is -2.19. The molecule has 1 N–H and O–H groups in total. The second-order valence-corrected chi connectivity index (χ2v) is 3.97. The number of halogens is 1. The molecule has 0 bridgehead atoms. The van der Waals surface area contributed by atoms with Crippen molar-refractivity contribution in [2.24, 2.45) is 0 Å². The van der Waals surface area contributed by atoms with Gasteiger partial charge in [-0.25, -0.2) is 0 Å². The van der Waals surface area contributed by atoms with E-state index in [4.69, 9.17) is 16.3 Å². The average molecular weight is 208 g/mol. The molecule has 2 aromatic rings. The molecule has 3 rings (SSSR count). The molecule has 0 aliphatic carbocycles. The zero-order valence-electron chi connectivity index (χ0n) is 7.64. The molecule has 72 valence electrons. The summed E-state index contributed by atoms with van der Waals surface area (Å²) in [7, 11) is 0. The molecule has 2 nitrogen and oxygen atoms in total. The normalized spacial score (nSPS) is 15.2. The summed E-state index contributed by atoms with van der Waals surface area (Å²) in [6, 6.07) is 3.99. The van der Waals surface area contributed by atoms with E-state index in [0.29, 0.717) is 0 Å². The molecule has 1 aromatic heterocycles. The molecule has 0 atom stereocenters. The number of hydrogen-bond acceptors (Lipinski definition) is 1. The van der Waals surface area contributed by atoms with Crippen LogP contribution in [0.4, 0.5) is 0 Å². The first-order chi connectivity index (χ1) is 6.86. The first-order valence-electron chi connectivity index (χ1n) is 4.77. The van der Waals surface area contributed by atoms with Crippen molar-refractivity contribution in [3.8, 4) is 5.75 Å². The monoisotopic (exact) mass is 207 g/mol. The lowest BCUT2D eigenvalue weighted by molar-refractivity contribution is 0.289. The highest BCUT2D eigenvalue weighted by atomic mass is 35.5. The molecule has 0 unspecified atom stereocenters. The first-order valence-corrected chi connectivity index (χ1v) is 5.15. The van der Waals surface area contributed by atoms with Gasteiger partial charge in [0, 0.05) is 17.1 Å². The van der Waals surface area contributed by atoms with E-state index in [9.17, 15) is 0 Å². The third kappa shape index (κ3) is 1.04. The molecule has 0 amide bonds. The van der Waals surface area contributed by atoms with Gasteiger partial charge in [0.25, 0.3) is 0 Å². The van der Waals surface area contributed by atoms with Gasteiger partial charge in [-0.1, -0.05) is 11.6 Å². The van der Waals surface area contributed by atoms with E-state index in [1.807, 2.05) is 18.3 Å². The fourth-order valence-corrected chi connectivity index (χ4v) is 2.33. The van der Waals surface area contributed by atoms with Crippen molar-refractivity contribution in [2.45, 2.75) is 12.8 Å². The van der Waals surface area contributed by atoms with Crippen molar-refractivity contribution in [3.63, 3.8) is 0 Å². The van der Waals surface area contributed by atoms with Gasteiger partial charge in [-0.15, -0.1) is 0 Å². The molecule has 2 heterocycles. The molecule has 14 heavy (non-hydrogen) atoms. The molecule has 0 fully saturated rings. The quantitative estimate of drug-likeness (QED) is 0.706. The van der Waals surface area contributed by atoms with Crippen LogP contribution in [0, 0.1) is 0 Å². The number of aromatic amines is 1. The second kappa shape index (κ2) is 2.92. The Balaban J connectivity index is 2.39. The van der Waals surface area contributed by atoms with Crippen LogP contribution in [-0.4, -0.2) is 11.6 Å². The van der Waals surface area contributed by atoms with Gasteiger partial charge in [0.2, 0.25) is 0 Å². The van der Waals surface area contributed by atoms with Crippen LogP contribution in [0.15, 0.2) is 18.3 Å². The van der Waals surface area contributed by atoms with Crippen LogP contribution in [0.5, 0.6) is 5.75 Å². The Morgan fingerprint density at radius 1 is 1.43 bits per heavy atom. The summed E-state index contributed by atoms with van der Waals surface area (Å²) in [5.74, 6) is 0.868. The molecule has 1 aliphatic heterocycles. The van der Waals surface area contributed by atoms with Crippen molar-refractivity contribution in [1.29, 1.82) is 0 Å². The van der Waals surface area contributed by atoms with Crippen LogP contribution in [0.25, 0.3) is 10.9 Å². The van der Waals surface area contributed by atoms with Crippen LogP contribution in [0.2, 0.25) is 5.02 Å². The maximum atomic E-state index is 6.14. The van der Waals surface area contributed by atoms with E-state index >= 15 is 0 Å². The van der Waals surface area contributed by atoms with Crippen LogP contribution in [0.3, 0.4) is 0 Å². The molecule has 3 heteroatoms. The first kappa shape index (κ1) is 8.18. The number of hydrogen-bond donors (Lipinski definition) is 1. The van der Waals surface area contributed by atoms with Crippen molar-refractivity contribution in [2.75, 3.05) is 6.61 Å². The number of rotatable bonds is 0. The fourth-order valence-electron chi connectivity index (χ4n) is 2.04.